The maximum absolute atomic E-state index is 11.8. The molecule has 0 spiro atoms. The Labute approximate surface area is 110 Å². The minimum atomic E-state index is -1.95. The van der Waals surface area contributed by atoms with Crippen LogP contribution >= 0.6 is 0 Å². The summed E-state index contributed by atoms with van der Waals surface area (Å²) in [4.78, 5) is 33.8. The van der Waals surface area contributed by atoms with Gasteiger partial charge in [-0.3, -0.25) is 10.1 Å². The van der Waals surface area contributed by atoms with Gasteiger partial charge < -0.3 is 9.90 Å². The lowest BCUT2D eigenvalue weighted by molar-refractivity contribution is -0.150. The lowest BCUT2D eigenvalue weighted by Gasteiger charge is -2.26. The molecule has 5 heteroatoms. The largest absolute Gasteiger partial charge is 0.480 e. The van der Waals surface area contributed by atoms with Crippen LogP contribution in [0.15, 0.2) is 43.0 Å². The van der Waals surface area contributed by atoms with Crippen LogP contribution in [0.5, 0.6) is 0 Å². The number of benzene rings is 1. The fourth-order valence-electron chi connectivity index (χ4n) is 1.68. The van der Waals surface area contributed by atoms with Crippen LogP contribution in [0, 0.1) is 0 Å². The number of carbonyl (C=O) groups excluding carboxylic acids is 2. The minimum Gasteiger partial charge on any atom is -0.480 e. The number of rotatable bonds is 8. The number of carboxylic acid groups (broad SMARTS) is 1. The van der Waals surface area contributed by atoms with Crippen LogP contribution in [0.4, 0.5) is 0 Å². The van der Waals surface area contributed by atoms with Crippen molar-refractivity contribution in [2.24, 2.45) is 0 Å². The Kier molecular flexibility index (Phi) is 5.14. The molecule has 0 heterocycles. The number of hydrogen-bond donors (Lipinski definition) is 2. The van der Waals surface area contributed by atoms with E-state index in [1.165, 1.54) is 0 Å². The van der Waals surface area contributed by atoms with Gasteiger partial charge in [0.2, 0.25) is 0 Å². The van der Waals surface area contributed by atoms with Crippen molar-refractivity contribution in [3.05, 3.63) is 48.6 Å². The summed E-state index contributed by atoms with van der Waals surface area (Å²) in [6.45, 7) is 3.44. The molecule has 0 bridgehead atoms. The maximum Gasteiger partial charge on any atom is 0.332 e. The molecule has 1 aromatic carbocycles. The molecule has 0 saturated heterocycles. The molecule has 2 N–H and O–H groups in total. The highest BCUT2D eigenvalue weighted by Crippen LogP contribution is 2.14. The van der Waals surface area contributed by atoms with Gasteiger partial charge in [0, 0.05) is 13.0 Å². The van der Waals surface area contributed by atoms with Gasteiger partial charge in [0.1, 0.15) is 6.29 Å². The van der Waals surface area contributed by atoms with Gasteiger partial charge in [-0.15, -0.1) is 0 Å². The quantitative estimate of drug-likeness (QED) is 0.413. The van der Waals surface area contributed by atoms with Gasteiger partial charge in [0.15, 0.2) is 11.3 Å². The molecule has 1 unspecified atom stereocenters. The molecule has 1 atom stereocenters. The summed E-state index contributed by atoms with van der Waals surface area (Å²) in [5.41, 5.74) is -1.13. The van der Waals surface area contributed by atoms with Gasteiger partial charge in [0.25, 0.3) is 0 Å². The highest BCUT2D eigenvalue weighted by molar-refractivity contribution is 6.14. The molecule has 1 rings (SSSR count). The smallest absolute Gasteiger partial charge is 0.332 e. The van der Waals surface area contributed by atoms with Crippen molar-refractivity contribution >= 4 is 18.0 Å². The average Bonchev–Trinajstić information content (AvgIpc) is 2.43. The van der Waals surface area contributed by atoms with Gasteiger partial charge in [-0.25, -0.2) is 4.79 Å². The Hall–Kier alpha value is -2.27. The summed E-state index contributed by atoms with van der Waals surface area (Å²) >= 11 is 0. The highest BCUT2D eigenvalue weighted by atomic mass is 16.4. The van der Waals surface area contributed by atoms with Gasteiger partial charge in [0.05, 0.1) is 0 Å². The predicted molar refractivity (Wildman–Crippen MR) is 69.5 cm³/mol. The zero-order valence-electron chi connectivity index (χ0n) is 10.3. The van der Waals surface area contributed by atoms with E-state index in [1.807, 2.05) is 6.07 Å². The SMILES string of the molecule is C=CC(=O)C(CC=O)(NCc1ccccc1)C(=O)O. The number of carbonyl (C=O) groups is 3. The van der Waals surface area contributed by atoms with E-state index >= 15 is 0 Å². The molecule has 0 radical (unpaired) electrons. The molecule has 5 nitrogen and oxygen atoms in total. The van der Waals surface area contributed by atoms with E-state index in [2.05, 4.69) is 11.9 Å². The van der Waals surface area contributed by atoms with Crippen LogP contribution in [0.1, 0.15) is 12.0 Å². The van der Waals surface area contributed by atoms with E-state index in [9.17, 15) is 19.5 Å². The molecule has 1 aromatic rings. The fourth-order valence-corrected chi connectivity index (χ4v) is 1.68. The third-order valence-electron chi connectivity index (χ3n) is 2.80. The van der Waals surface area contributed by atoms with Crippen LogP contribution in [0.2, 0.25) is 0 Å². The molecular weight excluding hydrogens is 246 g/mol. The predicted octanol–water partition coefficient (Wildman–Crippen LogP) is 0.944. The zero-order chi connectivity index (χ0) is 14.3. The summed E-state index contributed by atoms with van der Waals surface area (Å²) in [6, 6.07) is 9.01. The summed E-state index contributed by atoms with van der Waals surface area (Å²) in [7, 11) is 0. The van der Waals surface area contributed by atoms with E-state index in [4.69, 9.17) is 0 Å². The molecule has 0 aliphatic rings. The van der Waals surface area contributed by atoms with Crippen molar-refractivity contribution in [1.82, 2.24) is 5.32 Å². The standard InChI is InChI=1S/C14H15NO4/c1-2-12(17)14(8-9-16,13(18)19)15-10-11-6-4-3-5-7-11/h2-7,9,15H,1,8,10H2,(H,18,19). The number of ketones is 1. The topological polar surface area (TPSA) is 83.5 Å². The minimum absolute atomic E-state index is 0.167. The Bertz CT molecular complexity index is 483. The number of carboxylic acids is 1. The highest BCUT2D eigenvalue weighted by Gasteiger charge is 2.43. The van der Waals surface area contributed by atoms with Gasteiger partial charge in [-0.05, 0) is 11.6 Å². The Morgan fingerprint density at radius 2 is 1.95 bits per heavy atom. The van der Waals surface area contributed by atoms with Crippen LogP contribution in [-0.2, 0) is 20.9 Å². The van der Waals surface area contributed by atoms with Crippen LogP contribution in [0.3, 0.4) is 0 Å². The molecule has 0 fully saturated rings. The van der Waals surface area contributed by atoms with E-state index in [1.54, 1.807) is 24.3 Å². The zero-order valence-corrected chi connectivity index (χ0v) is 10.3. The Morgan fingerprint density at radius 3 is 2.42 bits per heavy atom. The summed E-state index contributed by atoms with van der Waals surface area (Å²) in [5.74, 6) is -2.12. The molecule has 100 valence electrons. The first-order valence-corrected chi connectivity index (χ1v) is 5.69. The number of hydrogen-bond acceptors (Lipinski definition) is 4. The monoisotopic (exact) mass is 261 g/mol. The van der Waals surface area contributed by atoms with Crippen molar-refractivity contribution in [1.29, 1.82) is 0 Å². The van der Waals surface area contributed by atoms with Crippen LogP contribution in [0.25, 0.3) is 0 Å². The van der Waals surface area contributed by atoms with Crippen molar-refractivity contribution in [2.75, 3.05) is 0 Å². The molecule has 0 aliphatic heterocycles. The first-order chi connectivity index (χ1) is 9.06. The van der Waals surface area contributed by atoms with Gasteiger partial charge >= 0.3 is 5.97 Å². The molecule has 0 amide bonds. The number of aldehydes is 1. The number of nitrogens with one attached hydrogen (secondary N) is 1. The van der Waals surface area contributed by atoms with Crippen molar-refractivity contribution < 1.29 is 19.5 Å². The van der Waals surface area contributed by atoms with E-state index in [0.29, 0.717) is 6.29 Å². The number of aliphatic carboxylic acids is 1. The summed E-state index contributed by atoms with van der Waals surface area (Å²) < 4.78 is 0. The van der Waals surface area contributed by atoms with Crippen molar-refractivity contribution in [3.8, 4) is 0 Å². The first kappa shape index (κ1) is 14.8. The van der Waals surface area contributed by atoms with E-state index in [-0.39, 0.29) is 6.54 Å². The normalized spacial score (nSPS) is 13.3. The molecule has 19 heavy (non-hydrogen) atoms. The van der Waals surface area contributed by atoms with Crippen molar-refractivity contribution in [2.45, 2.75) is 18.5 Å². The molecular formula is C14H15NO4. The van der Waals surface area contributed by atoms with E-state index in [0.717, 1.165) is 11.6 Å². The van der Waals surface area contributed by atoms with Gasteiger partial charge in [-0.2, -0.15) is 0 Å². The third kappa shape index (κ3) is 3.35. The van der Waals surface area contributed by atoms with E-state index < -0.39 is 23.7 Å². The second-order valence-electron chi connectivity index (χ2n) is 3.99. The fraction of sp³-hybridized carbons (Fsp3) is 0.214. The Balaban J connectivity index is 2.96. The summed E-state index contributed by atoms with van der Waals surface area (Å²) in [6.07, 6.45) is 0.878. The maximum atomic E-state index is 11.8. The molecule has 0 aliphatic carbocycles. The third-order valence-corrected chi connectivity index (χ3v) is 2.80. The average molecular weight is 261 g/mol. The van der Waals surface area contributed by atoms with Crippen LogP contribution < -0.4 is 5.32 Å². The first-order valence-electron chi connectivity index (χ1n) is 5.69. The molecule has 0 aromatic heterocycles. The Morgan fingerprint density at radius 1 is 1.32 bits per heavy atom. The van der Waals surface area contributed by atoms with Crippen LogP contribution in [-0.4, -0.2) is 28.7 Å². The van der Waals surface area contributed by atoms with Crippen molar-refractivity contribution in [3.63, 3.8) is 0 Å². The lowest BCUT2D eigenvalue weighted by Crippen LogP contribution is -2.57. The second-order valence-corrected chi connectivity index (χ2v) is 3.99. The lowest BCUT2D eigenvalue weighted by atomic mass is 9.90. The molecule has 0 saturated carbocycles. The van der Waals surface area contributed by atoms with Gasteiger partial charge in [-0.1, -0.05) is 36.9 Å². The second kappa shape index (κ2) is 6.61. The summed E-state index contributed by atoms with van der Waals surface area (Å²) in [5, 5.41) is 11.9.